The minimum Gasteiger partial charge on any atom is -0.521 e. The van der Waals surface area contributed by atoms with Gasteiger partial charge in [-0.1, -0.05) is 11.3 Å². The Kier molecular flexibility index (Phi) is 4.04. The number of allylic oxidation sites excluding steroid dienone is 1. The van der Waals surface area contributed by atoms with Gasteiger partial charge in [0.15, 0.2) is 0 Å². The van der Waals surface area contributed by atoms with Crippen molar-refractivity contribution in [3.8, 4) is 0 Å². The highest BCUT2D eigenvalue weighted by Gasteiger charge is 1.87. The number of carbonyl (C=O) groups is 1. The van der Waals surface area contributed by atoms with Gasteiger partial charge in [0.2, 0.25) is 9.76 Å². The number of carbonyl (C=O) groups excluding carboxylic acids is 1. The van der Waals surface area contributed by atoms with E-state index in [1.807, 2.05) is 19.5 Å². The first-order valence-electron chi connectivity index (χ1n) is 2.89. The van der Waals surface area contributed by atoms with Gasteiger partial charge in [-0.2, -0.15) is 0 Å². The predicted molar refractivity (Wildman–Crippen MR) is 39.7 cm³/mol. The van der Waals surface area contributed by atoms with Gasteiger partial charge in [0.05, 0.1) is 0 Å². The molecule has 0 rings (SSSR count). The second-order valence-electron chi connectivity index (χ2n) is 2.08. The summed E-state index contributed by atoms with van der Waals surface area (Å²) in [6.45, 7) is 5.43. The van der Waals surface area contributed by atoms with Gasteiger partial charge in [0, 0.05) is 6.92 Å². The Morgan fingerprint density at radius 2 is 2.00 bits per heavy atom. The van der Waals surface area contributed by atoms with E-state index in [4.69, 9.17) is 4.43 Å². The molecule has 0 bridgehead atoms. The van der Waals surface area contributed by atoms with Crippen LogP contribution in [0.5, 0.6) is 0 Å². The molecule has 0 spiro atoms. The minimum absolute atomic E-state index is 0.167. The number of rotatable bonds is 2. The molecule has 0 aliphatic heterocycles. The Hall–Kier alpha value is -0.573. The fraction of sp³-hybridized carbons (Fsp3) is 0.500. The molecule has 2 nitrogen and oxygen atoms in total. The average Bonchev–Trinajstić information content (AvgIpc) is 1.63. The van der Waals surface area contributed by atoms with Crippen molar-refractivity contribution < 1.29 is 9.22 Å². The van der Waals surface area contributed by atoms with Crippen LogP contribution in [-0.4, -0.2) is 15.7 Å². The first-order chi connectivity index (χ1) is 4.13. The molecule has 0 fully saturated rings. The van der Waals surface area contributed by atoms with Gasteiger partial charge < -0.3 is 4.43 Å². The normalized spacial score (nSPS) is 9.67. The van der Waals surface area contributed by atoms with Crippen LogP contribution in [-0.2, 0) is 9.22 Å². The summed E-state index contributed by atoms with van der Waals surface area (Å²) in [6.07, 6.45) is 0. The molecule has 0 atom stereocenters. The lowest BCUT2D eigenvalue weighted by Gasteiger charge is -1.94. The Labute approximate surface area is 57.8 Å². The summed E-state index contributed by atoms with van der Waals surface area (Å²) in [6, 6.07) is 0. The van der Waals surface area contributed by atoms with Gasteiger partial charge >= 0.3 is 0 Å². The highest BCUT2D eigenvalue weighted by Crippen LogP contribution is 1.85. The maximum atomic E-state index is 10.2. The highest BCUT2D eigenvalue weighted by atomic mass is 28.2. The molecule has 9 heavy (non-hydrogen) atoms. The molecule has 0 aromatic rings. The van der Waals surface area contributed by atoms with E-state index < -0.39 is 9.76 Å². The zero-order valence-corrected chi connectivity index (χ0v) is 7.52. The summed E-state index contributed by atoms with van der Waals surface area (Å²) in [4.78, 5) is 10.2. The van der Waals surface area contributed by atoms with E-state index in [0.717, 1.165) is 0 Å². The van der Waals surface area contributed by atoms with Gasteiger partial charge in [-0.15, -0.1) is 0 Å². The minimum atomic E-state index is -0.695. The predicted octanol–water partition coefficient (Wildman–Crippen LogP) is 0.557. The van der Waals surface area contributed by atoms with Crippen molar-refractivity contribution in [1.29, 1.82) is 0 Å². The van der Waals surface area contributed by atoms with Crippen molar-refractivity contribution >= 4 is 15.7 Å². The van der Waals surface area contributed by atoms with E-state index in [1.165, 1.54) is 12.5 Å². The zero-order valence-electron chi connectivity index (χ0n) is 6.10. The molecule has 0 heterocycles. The van der Waals surface area contributed by atoms with Crippen molar-refractivity contribution in [2.24, 2.45) is 0 Å². The van der Waals surface area contributed by atoms with Crippen molar-refractivity contribution in [2.45, 2.75) is 20.8 Å². The largest absolute Gasteiger partial charge is 0.521 e. The SMILES string of the molecule is CC(=O)O[SiH2]C=C(C)C. The van der Waals surface area contributed by atoms with Crippen LogP contribution in [0.3, 0.4) is 0 Å². The van der Waals surface area contributed by atoms with Gasteiger partial charge in [0.25, 0.3) is 5.97 Å². The number of hydrogen-bond acceptors (Lipinski definition) is 2. The standard InChI is InChI=1S/C6H12O2Si/c1-5(2)4-9-8-6(3)7/h4H,9H2,1-3H3. The van der Waals surface area contributed by atoms with Crippen LogP contribution < -0.4 is 0 Å². The molecule has 0 saturated heterocycles. The quantitative estimate of drug-likeness (QED) is 0.529. The zero-order chi connectivity index (χ0) is 7.28. The van der Waals surface area contributed by atoms with E-state index in [1.54, 1.807) is 0 Å². The Bertz CT molecular complexity index is 125. The van der Waals surface area contributed by atoms with Crippen LogP contribution in [0.25, 0.3) is 0 Å². The third kappa shape index (κ3) is 7.43. The van der Waals surface area contributed by atoms with Crippen molar-refractivity contribution in [1.82, 2.24) is 0 Å². The van der Waals surface area contributed by atoms with Crippen molar-refractivity contribution in [2.75, 3.05) is 0 Å². The van der Waals surface area contributed by atoms with E-state index in [2.05, 4.69) is 0 Å². The lowest BCUT2D eigenvalue weighted by atomic mass is 10.4. The summed E-state index contributed by atoms with van der Waals surface area (Å²) in [7, 11) is -0.695. The lowest BCUT2D eigenvalue weighted by Crippen LogP contribution is -2.01. The van der Waals surface area contributed by atoms with Gasteiger partial charge in [-0.3, -0.25) is 4.79 Å². The van der Waals surface area contributed by atoms with E-state index in [-0.39, 0.29) is 5.97 Å². The Morgan fingerprint density at radius 1 is 1.44 bits per heavy atom. The molecular weight excluding hydrogens is 132 g/mol. The molecule has 0 aliphatic carbocycles. The van der Waals surface area contributed by atoms with Crippen molar-refractivity contribution in [3.63, 3.8) is 0 Å². The van der Waals surface area contributed by atoms with Crippen LogP contribution in [0.1, 0.15) is 20.8 Å². The lowest BCUT2D eigenvalue weighted by molar-refractivity contribution is -0.131. The molecule has 0 unspecified atom stereocenters. The first-order valence-corrected chi connectivity index (χ1v) is 4.29. The van der Waals surface area contributed by atoms with Crippen LogP contribution in [0.15, 0.2) is 11.3 Å². The van der Waals surface area contributed by atoms with Crippen LogP contribution in [0, 0.1) is 0 Å². The fourth-order valence-electron chi connectivity index (χ4n) is 0.326. The van der Waals surface area contributed by atoms with Crippen molar-refractivity contribution in [3.05, 3.63) is 11.3 Å². The molecule has 0 amide bonds. The second kappa shape index (κ2) is 4.32. The summed E-state index contributed by atoms with van der Waals surface area (Å²) >= 11 is 0. The van der Waals surface area contributed by atoms with E-state index in [0.29, 0.717) is 0 Å². The number of hydrogen-bond donors (Lipinski definition) is 0. The Morgan fingerprint density at radius 3 is 2.33 bits per heavy atom. The molecule has 0 radical (unpaired) electrons. The monoisotopic (exact) mass is 144 g/mol. The average molecular weight is 144 g/mol. The molecule has 0 saturated carbocycles. The molecule has 52 valence electrons. The molecule has 0 aromatic carbocycles. The van der Waals surface area contributed by atoms with Crippen LogP contribution in [0.4, 0.5) is 0 Å². The van der Waals surface area contributed by atoms with E-state index in [9.17, 15) is 4.79 Å². The molecule has 0 aromatic heterocycles. The van der Waals surface area contributed by atoms with E-state index >= 15 is 0 Å². The topological polar surface area (TPSA) is 26.3 Å². The fourth-order valence-corrected chi connectivity index (χ4v) is 0.977. The summed E-state index contributed by atoms with van der Waals surface area (Å²) in [5.41, 5.74) is 3.23. The molecule has 3 heteroatoms. The van der Waals surface area contributed by atoms with Gasteiger partial charge in [-0.25, -0.2) is 0 Å². The molecular formula is C6H12O2Si. The van der Waals surface area contributed by atoms with Crippen LogP contribution in [0.2, 0.25) is 0 Å². The summed E-state index contributed by atoms with van der Waals surface area (Å²) in [5.74, 6) is -0.167. The third-order valence-corrected chi connectivity index (χ3v) is 2.33. The van der Waals surface area contributed by atoms with Crippen LogP contribution >= 0.6 is 0 Å². The second-order valence-corrected chi connectivity index (χ2v) is 3.11. The summed E-state index contributed by atoms with van der Waals surface area (Å²) in [5, 5.41) is 0. The Balaban J connectivity index is 3.31. The maximum absolute atomic E-state index is 10.2. The van der Waals surface area contributed by atoms with Gasteiger partial charge in [0.1, 0.15) is 0 Å². The first kappa shape index (κ1) is 8.43. The van der Waals surface area contributed by atoms with Gasteiger partial charge in [-0.05, 0) is 13.8 Å². The molecule has 0 N–H and O–H groups in total. The smallest absolute Gasteiger partial charge is 0.289 e. The molecule has 0 aliphatic rings. The highest BCUT2D eigenvalue weighted by molar-refractivity contribution is 6.37. The summed E-state index contributed by atoms with van der Waals surface area (Å²) < 4.78 is 4.78. The maximum Gasteiger partial charge on any atom is 0.289 e. The third-order valence-electron chi connectivity index (χ3n) is 0.778.